The van der Waals surface area contributed by atoms with Gasteiger partial charge in [0.1, 0.15) is 11.6 Å². The maximum absolute atomic E-state index is 9.48. The zero-order valence-electron chi connectivity index (χ0n) is 16.8. The van der Waals surface area contributed by atoms with Crippen molar-refractivity contribution in [3.8, 4) is 22.4 Å². The molecule has 0 aliphatic heterocycles. The molecule has 158 valence electrons. The number of hydrogen-bond acceptors (Lipinski definition) is 5. The molecule has 6 nitrogen and oxygen atoms in total. The number of nitrogens with zero attached hydrogens (tertiary/aromatic N) is 3. The highest BCUT2D eigenvalue weighted by atomic mass is 35.5. The van der Waals surface area contributed by atoms with Gasteiger partial charge in [-0.3, -0.25) is 0 Å². The van der Waals surface area contributed by atoms with Gasteiger partial charge in [-0.05, 0) is 47.7 Å². The van der Waals surface area contributed by atoms with Crippen LogP contribution >= 0.6 is 11.6 Å². The third-order valence-corrected chi connectivity index (χ3v) is 6.21. The summed E-state index contributed by atoms with van der Waals surface area (Å²) in [4.78, 5) is 15.1. The van der Waals surface area contributed by atoms with Crippen molar-refractivity contribution in [2.45, 2.75) is 18.9 Å². The van der Waals surface area contributed by atoms with E-state index in [1.807, 2.05) is 48.5 Å². The van der Waals surface area contributed by atoms with E-state index in [4.69, 9.17) is 21.4 Å². The SMILES string of the molecule is OCC1(CO)CC(On2c(Cl)nc3nc(-c4ccccc4-c4ccccc4)ccc32)C1. The number of aromatic nitrogens is 3. The van der Waals surface area contributed by atoms with Crippen LogP contribution in [-0.2, 0) is 0 Å². The van der Waals surface area contributed by atoms with Gasteiger partial charge in [0, 0.05) is 11.0 Å². The second-order valence-corrected chi connectivity index (χ2v) is 8.42. The molecule has 5 rings (SSSR count). The Hall–Kier alpha value is -2.93. The van der Waals surface area contributed by atoms with Crippen LogP contribution in [0.2, 0.25) is 5.28 Å². The minimum absolute atomic E-state index is 0.0620. The fraction of sp³-hybridized carbons (Fsp3) is 0.250. The molecule has 0 spiro atoms. The lowest BCUT2D eigenvalue weighted by Crippen LogP contribution is -2.50. The monoisotopic (exact) mass is 435 g/mol. The highest BCUT2D eigenvalue weighted by Gasteiger charge is 2.45. The molecule has 0 amide bonds. The Kier molecular flexibility index (Phi) is 5.14. The highest BCUT2D eigenvalue weighted by molar-refractivity contribution is 6.29. The molecule has 0 radical (unpaired) electrons. The quantitative estimate of drug-likeness (QED) is 0.479. The minimum atomic E-state index is -0.472. The average molecular weight is 436 g/mol. The Morgan fingerprint density at radius 2 is 1.58 bits per heavy atom. The molecule has 0 unspecified atom stereocenters. The lowest BCUT2D eigenvalue weighted by Gasteiger charge is -2.44. The molecule has 0 saturated heterocycles. The number of rotatable bonds is 6. The molecule has 2 aromatic carbocycles. The van der Waals surface area contributed by atoms with E-state index in [1.54, 1.807) is 0 Å². The highest BCUT2D eigenvalue weighted by Crippen LogP contribution is 2.41. The zero-order chi connectivity index (χ0) is 21.4. The first-order valence-corrected chi connectivity index (χ1v) is 10.6. The first kappa shape index (κ1) is 20.0. The number of aliphatic hydroxyl groups excluding tert-OH is 2. The van der Waals surface area contributed by atoms with Crippen LogP contribution in [0.3, 0.4) is 0 Å². The van der Waals surface area contributed by atoms with Gasteiger partial charge in [-0.1, -0.05) is 54.6 Å². The predicted molar refractivity (Wildman–Crippen MR) is 120 cm³/mol. The molecule has 1 fully saturated rings. The van der Waals surface area contributed by atoms with Crippen LogP contribution in [0.4, 0.5) is 0 Å². The van der Waals surface area contributed by atoms with Crippen LogP contribution in [0.15, 0.2) is 66.7 Å². The summed E-state index contributed by atoms with van der Waals surface area (Å²) in [6.45, 7) is -0.124. The van der Waals surface area contributed by atoms with E-state index in [9.17, 15) is 10.2 Å². The Morgan fingerprint density at radius 3 is 2.29 bits per heavy atom. The molecule has 7 heteroatoms. The standard InChI is InChI=1S/C24H22ClN3O3/c25-23-27-22-21(28(23)31-17-12-24(13-17,14-29)15-30)11-10-20(26-22)19-9-5-4-8-18(19)16-6-2-1-3-7-16/h1-11,17,29-30H,12-15H2. The van der Waals surface area contributed by atoms with Crippen LogP contribution in [0.25, 0.3) is 33.5 Å². The van der Waals surface area contributed by atoms with Crippen LogP contribution in [0.5, 0.6) is 0 Å². The largest absolute Gasteiger partial charge is 0.407 e. The van der Waals surface area contributed by atoms with Gasteiger partial charge in [0.2, 0.25) is 5.28 Å². The molecule has 2 heterocycles. The molecular formula is C24H22ClN3O3. The zero-order valence-corrected chi connectivity index (χ0v) is 17.5. The minimum Gasteiger partial charge on any atom is -0.407 e. The molecular weight excluding hydrogens is 414 g/mol. The van der Waals surface area contributed by atoms with E-state index < -0.39 is 5.41 Å². The maximum atomic E-state index is 9.48. The van der Waals surface area contributed by atoms with Crippen molar-refractivity contribution in [3.63, 3.8) is 0 Å². The fourth-order valence-electron chi connectivity index (χ4n) is 4.18. The number of aliphatic hydroxyl groups is 2. The second kappa shape index (κ2) is 7.96. The van der Waals surface area contributed by atoms with Crippen LogP contribution in [0, 0.1) is 5.41 Å². The van der Waals surface area contributed by atoms with Gasteiger partial charge < -0.3 is 15.1 Å². The Bertz CT molecular complexity index is 1210. The molecule has 1 aliphatic carbocycles. The summed E-state index contributed by atoms with van der Waals surface area (Å²) in [6, 6.07) is 22.2. The Morgan fingerprint density at radius 1 is 0.903 bits per heavy atom. The second-order valence-electron chi connectivity index (χ2n) is 8.08. The number of imidazole rings is 1. The smallest absolute Gasteiger partial charge is 0.239 e. The topological polar surface area (TPSA) is 80.4 Å². The summed E-state index contributed by atoms with van der Waals surface area (Å²) in [7, 11) is 0. The fourth-order valence-corrected chi connectivity index (χ4v) is 4.39. The number of benzene rings is 2. The first-order chi connectivity index (χ1) is 15.1. The van der Waals surface area contributed by atoms with Crippen LogP contribution in [-0.4, -0.2) is 44.2 Å². The van der Waals surface area contributed by atoms with Gasteiger partial charge >= 0.3 is 0 Å². The van der Waals surface area contributed by atoms with Gasteiger partial charge in [-0.2, -0.15) is 4.98 Å². The Labute approximate surface area is 184 Å². The summed E-state index contributed by atoms with van der Waals surface area (Å²) in [5.74, 6) is 0. The van der Waals surface area contributed by atoms with Gasteiger partial charge in [0.05, 0.1) is 18.9 Å². The summed E-state index contributed by atoms with van der Waals surface area (Å²) < 4.78 is 1.49. The molecule has 2 N–H and O–H groups in total. The van der Waals surface area contributed by atoms with Crippen molar-refractivity contribution in [1.29, 1.82) is 0 Å². The summed E-state index contributed by atoms with van der Waals surface area (Å²) in [5, 5.41) is 19.2. The van der Waals surface area contributed by atoms with Crippen molar-refractivity contribution in [3.05, 3.63) is 72.0 Å². The van der Waals surface area contributed by atoms with Crippen molar-refractivity contribution < 1.29 is 15.1 Å². The summed E-state index contributed by atoms with van der Waals surface area (Å²) >= 11 is 6.35. The van der Waals surface area contributed by atoms with Crippen molar-refractivity contribution >= 4 is 22.8 Å². The van der Waals surface area contributed by atoms with Gasteiger partial charge in [0.15, 0.2) is 5.65 Å². The number of halogens is 1. The first-order valence-electron chi connectivity index (χ1n) is 10.2. The summed E-state index contributed by atoms with van der Waals surface area (Å²) in [5.41, 5.74) is 4.73. The van der Waals surface area contributed by atoms with Crippen LogP contribution in [0.1, 0.15) is 12.8 Å². The number of hydrogen-bond donors (Lipinski definition) is 2. The maximum Gasteiger partial charge on any atom is 0.239 e. The summed E-state index contributed by atoms with van der Waals surface area (Å²) in [6.07, 6.45) is 0.977. The van der Waals surface area contributed by atoms with Crippen molar-refractivity contribution in [2.75, 3.05) is 13.2 Å². The van der Waals surface area contributed by atoms with Gasteiger partial charge in [-0.15, -0.1) is 4.73 Å². The number of fused-ring (bicyclic) bond motifs is 1. The number of pyridine rings is 1. The van der Waals surface area contributed by atoms with Crippen molar-refractivity contribution in [1.82, 2.24) is 14.7 Å². The predicted octanol–water partition coefficient (Wildman–Crippen LogP) is 3.98. The lowest BCUT2D eigenvalue weighted by molar-refractivity contribution is -0.122. The average Bonchev–Trinajstić information content (AvgIpc) is 3.10. The molecule has 31 heavy (non-hydrogen) atoms. The van der Waals surface area contributed by atoms with E-state index >= 15 is 0 Å². The van der Waals surface area contributed by atoms with E-state index in [1.165, 1.54) is 4.73 Å². The molecule has 2 aromatic heterocycles. The molecule has 4 aromatic rings. The normalized spacial score (nSPS) is 15.7. The van der Waals surface area contributed by atoms with Crippen LogP contribution < -0.4 is 4.84 Å². The van der Waals surface area contributed by atoms with E-state index in [0.717, 1.165) is 22.4 Å². The van der Waals surface area contributed by atoms with Gasteiger partial charge in [0.25, 0.3) is 0 Å². The van der Waals surface area contributed by atoms with Gasteiger partial charge in [-0.25, -0.2) is 4.98 Å². The van der Waals surface area contributed by atoms with E-state index in [-0.39, 0.29) is 24.6 Å². The van der Waals surface area contributed by atoms with E-state index in [2.05, 4.69) is 23.2 Å². The lowest BCUT2D eigenvalue weighted by atomic mass is 9.68. The third kappa shape index (κ3) is 3.57. The molecule has 1 saturated carbocycles. The third-order valence-electron chi connectivity index (χ3n) is 5.97. The molecule has 0 atom stereocenters. The van der Waals surface area contributed by atoms with Crippen molar-refractivity contribution in [2.24, 2.45) is 5.41 Å². The molecule has 1 aliphatic rings. The Balaban J connectivity index is 1.47. The van der Waals surface area contributed by atoms with E-state index in [0.29, 0.717) is 24.0 Å². The molecule has 0 bridgehead atoms.